The zero-order chi connectivity index (χ0) is 14.0. The Bertz CT molecular complexity index is 436. The molecule has 1 saturated carbocycles. The molecule has 1 nitrogen and oxygen atoms in total. The molecule has 19 heavy (non-hydrogen) atoms. The van der Waals surface area contributed by atoms with Crippen molar-refractivity contribution in [3.8, 4) is 0 Å². The van der Waals surface area contributed by atoms with Crippen molar-refractivity contribution in [2.75, 3.05) is 5.32 Å². The van der Waals surface area contributed by atoms with Crippen molar-refractivity contribution in [2.24, 2.45) is 5.92 Å². The average molecular weight is 275 g/mol. The van der Waals surface area contributed by atoms with E-state index in [9.17, 15) is 17.6 Å². The number of benzene rings is 1. The molecule has 2 rings (SSSR count). The maximum absolute atomic E-state index is 13.6. The molecule has 1 aromatic carbocycles. The van der Waals surface area contributed by atoms with Gasteiger partial charge in [0.25, 0.3) is 0 Å². The Labute approximate surface area is 110 Å². The Balaban J connectivity index is 2.14. The molecule has 0 bridgehead atoms. The van der Waals surface area contributed by atoms with E-state index in [4.69, 9.17) is 0 Å². The summed E-state index contributed by atoms with van der Waals surface area (Å²) >= 11 is 0. The molecule has 5 heteroatoms. The summed E-state index contributed by atoms with van der Waals surface area (Å²) in [5, 5.41) is 2.89. The van der Waals surface area contributed by atoms with Crippen LogP contribution in [0.2, 0.25) is 0 Å². The van der Waals surface area contributed by atoms with Crippen LogP contribution in [-0.4, -0.2) is 6.04 Å². The molecule has 1 aliphatic rings. The summed E-state index contributed by atoms with van der Waals surface area (Å²) in [6.07, 6.45) is -0.0618. The minimum absolute atomic E-state index is 0.0134. The van der Waals surface area contributed by atoms with Crippen LogP contribution in [-0.2, 0) is 6.18 Å². The Morgan fingerprint density at radius 2 is 1.84 bits per heavy atom. The fourth-order valence-corrected chi connectivity index (χ4v) is 2.63. The highest BCUT2D eigenvalue weighted by Gasteiger charge is 2.31. The number of anilines is 1. The molecule has 0 amide bonds. The Morgan fingerprint density at radius 1 is 1.21 bits per heavy atom. The molecule has 0 aromatic heterocycles. The van der Waals surface area contributed by atoms with E-state index in [-0.39, 0.29) is 11.7 Å². The van der Waals surface area contributed by atoms with Gasteiger partial charge in [-0.3, -0.25) is 0 Å². The van der Waals surface area contributed by atoms with E-state index < -0.39 is 17.6 Å². The topological polar surface area (TPSA) is 12.0 Å². The van der Waals surface area contributed by atoms with Crippen molar-refractivity contribution in [1.29, 1.82) is 0 Å². The first-order valence-corrected chi connectivity index (χ1v) is 6.51. The first kappa shape index (κ1) is 14.2. The van der Waals surface area contributed by atoms with Gasteiger partial charge in [-0.1, -0.05) is 12.8 Å². The molecule has 106 valence electrons. The zero-order valence-electron chi connectivity index (χ0n) is 10.7. The van der Waals surface area contributed by atoms with Crippen LogP contribution in [0.5, 0.6) is 0 Å². The molecule has 1 unspecified atom stereocenters. The van der Waals surface area contributed by atoms with E-state index in [0.29, 0.717) is 5.92 Å². The monoisotopic (exact) mass is 275 g/mol. The summed E-state index contributed by atoms with van der Waals surface area (Å²) in [6, 6.07) is 2.47. The molecule has 0 aliphatic heterocycles. The lowest BCUT2D eigenvalue weighted by atomic mass is 9.99. The fourth-order valence-electron chi connectivity index (χ4n) is 2.63. The molecule has 0 spiro atoms. The molecule has 1 atom stereocenters. The largest absolute Gasteiger partial charge is 0.416 e. The van der Waals surface area contributed by atoms with Crippen LogP contribution in [0.25, 0.3) is 0 Å². The number of hydrogen-bond acceptors (Lipinski definition) is 1. The summed E-state index contributed by atoms with van der Waals surface area (Å²) < 4.78 is 51.3. The molecule has 1 aromatic rings. The molecular weight excluding hydrogens is 258 g/mol. The smallest absolute Gasteiger partial charge is 0.380 e. The third-order valence-electron chi connectivity index (χ3n) is 3.78. The van der Waals surface area contributed by atoms with Crippen LogP contribution < -0.4 is 5.32 Å². The van der Waals surface area contributed by atoms with Gasteiger partial charge < -0.3 is 5.32 Å². The summed E-state index contributed by atoms with van der Waals surface area (Å²) in [5.74, 6) is -0.230. The first-order chi connectivity index (χ1) is 8.88. The van der Waals surface area contributed by atoms with E-state index >= 15 is 0 Å². The number of nitrogens with one attached hydrogen (secondary N) is 1. The molecule has 0 saturated heterocycles. The van der Waals surface area contributed by atoms with E-state index in [1.807, 2.05) is 6.92 Å². The van der Waals surface area contributed by atoms with Gasteiger partial charge in [0.15, 0.2) is 0 Å². The van der Waals surface area contributed by atoms with E-state index in [2.05, 4.69) is 5.32 Å². The number of rotatable bonds is 3. The highest BCUT2D eigenvalue weighted by molar-refractivity contribution is 5.48. The molecule has 0 heterocycles. The Kier molecular flexibility index (Phi) is 4.02. The van der Waals surface area contributed by atoms with E-state index in [1.54, 1.807) is 0 Å². The molecule has 1 aliphatic carbocycles. The quantitative estimate of drug-likeness (QED) is 0.779. The third kappa shape index (κ3) is 3.39. The van der Waals surface area contributed by atoms with Crippen LogP contribution in [0, 0.1) is 11.7 Å². The minimum Gasteiger partial charge on any atom is -0.380 e. The van der Waals surface area contributed by atoms with Gasteiger partial charge >= 0.3 is 6.18 Å². The van der Waals surface area contributed by atoms with Crippen LogP contribution in [0.1, 0.15) is 38.2 Å². The van der Waals surface area contributed by atoms with E-state index in [1.165, 1.54) is 0 Å². The van der Waals surface area contributed by atoms with Gasteiger partial charge in [0.2, 0.25) is 0 Å². The lowest BCUT2D eigenvalue weighted by molar-refractivity contribution is -0.137. The lowest BCUT2D eigenvalue weighted by Gasteiger charge is -2.22. The average Bonchev–Trinajstić information content (AvgIpc) is 2.84. The molecule has 1 fully saturated rings. The van der Waals surface area contributed by atoms with Gasteiger partial charge in [-0.25, -0.2) is 4.39 Å². The van der Waals surface area contributed by atoms with Gasteiger partial charge in [-0.05, 0) is 43.9 Å². The van der Waals surface area contributed by atoms with Crippen molar-refractivity contribution in [3.63, 3.8) is 0 Å². The van der Waals surface area contributed by atoms with Crippen molar-refractivity contribution < 1.29 is 17.6 Å². The first-order valence-electron chi connectivity index (χ1n) is 6.51. The number of alkyl halides is 3. The summed E-state index contributed by atoms with van der Waals surface area (Å²) in [4.78, 5) is 0. The van der Waals surface area contributed by atoms with Crippen molar-refractivity contribution >= 4 is 5.69 Å². The second kappa shape index (κ2) is 5.39. The van der Waals surface area contributed by atoms with Gasteiger partial charge in [0.05, 0.1) is 11.3 Å². The predicted octanol–water partition coefficient (Wildman–Crippen LogP) is 4.84. The maximum atomic E-state index is 13.6. The normalized spacial score (nSPS) is 18.6. The van der Waals surface area contributed by atoms with Crippen LogP contribution in [0.4, 0.5) is 23.2 Å². The number of halogens is 4. The fraction of sp³-hybridized carbons (Fsp3) is 0.571. The van der Waals surface area contributed by atoms with Crippen LogP contribution in [0.3, 0.4) is 0 Å². The van der Waals surface area contributed by atoms with Gasteiger partial charge in [0, 0.05) is 6.04 Å². The lowest BCUT2D eigenvalue weighted by Crippen LogP contribution is -2.24. The van der Waals surface area contributed by atoms with Gasteiger partial charge in [-0.15, -0.1) is 0 Å². The summed E-state index contributed by atoms with van der Waals surface area (Å²) in [7, 11) is 0. The highest BCUT2D eigenvalue weighted by atomic mass is 19.4. The molecular formula is C14H17F4N. The van der Waals surface area contributed by atoms with Crippen LogP contribution in [0.15, 0.2) is 18.2 Å². The maximum Gasteiger partial charge on any atom is 0.416 e. The highest BCUT2D eigenvalue weighted by Crippen LogP contribution is 2.33. The Hall–Kier alpha value is -1.26. The standard InChI is InChI=1S/C14H17F4N/c1-9(10-4-2-3-5-10)19-13-8-11(14(16,17)18)6-7-12(13)15/h6-10,19H,2-5H2,1H3. The van der Waals surface area contributed by atoms with Crippen molar-refractivity contribution in [1.82, 2.24) is 0 Å². The summed E-state index contributed by atoms with van der Waals surface area (Å²) in [5.41, 5.74) is -0.885. The zero-order valence-corrected chi connectivity index (χ0v) is 10.7. The van der Waals surface area contributed by atoms with Crippen molar-refractivity contribution in [2.45, 2.75) is 44.8 Å². The molecule has 0 radical (unpaired) electrons. The minimum atomic E-state index is -4.44. The number of hydrogen-bond donors (Lipinski definition) is 1. The van der Waals surface area contributed by atoms with Crippen molar-refractivity contribution in [3.05, 3.63) is 29.6 Å². The van der Waals surface area contributed by atoms with Crippen LogP contribution >= 0.6 is 0 Å². The van der Waals surface area contributed by atoms with E-state index in [0.717, 1.165) is 43.9 Å². The van der Waals surface area contributed by atoms with Gasteiger partial charge in [0.1, 0.15) is 5.82 Å². The molecule has 1 N–H and O–H groups in total. The third-order valence-corrected chi connectivity index (χ3v) is 3.78. The summed E-state index contributed by atoms with van der Waals surface area (Å²) in [6.45, 7) is 1.90. The second-order valence-corrected chi connectivity index (χ2v) is 5.17. The second-order valence-electron chi connectivity index (χ2n) is 5.17. The SMILES string of the molecule is CC(Nc1cc(C(F)(F)F)ccc1F)C1CCCC1. The predicted molar refractivity (Wildman–Crippen MR) is 66.4 cm³/mol. The van der Waals surface area contributed by atoms with Gasteiger partial charge in [-0.2, -0.15) is 13.2 Å². The Morgan fingerprint density at radius 3 is 2.42 bits per heavy atom.